The first-order valence-corrected chi connectivity index (χ1v) is 6.59. The van der Waals surface area contributed by atoms with Crippen LogP contribution < -0.4 is 10.6 Å². The molecule has 3 N–H and O–H groups in total. The molecule has 0 spiro atoms. The lowest BCUT2D eigenvalue weighted by Gasteiger charge is -2.33. The molecule has 0 amide bonds. The number of aromatic nitrogens is 2. The maximum atomic E-state index is 9.17. The summed E-state index contributed by atoms with van der Waals surface area (Å²) in [6.07, 6.45) is 3.56. The molecule has 5 nitrogen and oxygen atoms in total. The fourth-order valence-electron chi connectivity index (χ4n) is 2.53. The highest BCUT2D eigenvalue weighted by molar-refractivity contribution is 5.58. The van der Waals surface area contributed by atoms with E-state index in [9.17, 15) is 5.11 Å². The summed E-state index contributed by atoms with van der Waals surface area (Å²) in [5.74, 6) is 2.30. The van der Waals surface area contributed by atoms with Crippen LogP contribution >= 0.6 is 0 Å². The molecule has 1 aromatic rings. The number of nitrogens with zero attached hydrogens (tertiary/aromatic N) is 3. The van der Waals surface area contributed by atoms with Crippen molar-refractivity contribution in [3.8, 4) is 0 Å². The van der Waals surface area contributed by atoms with Crippen molar-refractivity contribution in [2.24, 2.45) is 5.92 Å². The number of piperidine rings is 1. The Morgan fingerprint density at radius 1 is 1.39 bits per heavy atom. The van der Waals surface area contributed by atoms with Crippen LogP contribution in [0.2, 0.25) is 0 Å². The van der Waals surface area contributed by atoms with E-state index in [4.69, 9.17) is 5.73 Å². The first kappa shape index (κ1) is 13.1. The van der Waals surface area contributed by atoms with Crippen molar-refractivity contribution < 1.29 is 5.11 Å². The molecule has 5 heteroatoms. The van der Waals surface area contributed by atoms with Gasteiger partial charge in [0.2, 0.25) is 0 Å². The topological polar surface area (TPSA) is 75.3 Å². The van der Waals surface area contributed by atoms with Gasteiger partial charge < -0.3 is 15.7 Å². The average Bonchev–Trinajstić information content (AvgIpc) is 2.38. The Morgan fingerprint density at radius 3 is 2.61 bits per heavy atom. The van der Waals surface area contributed by atoms with Gasteiger partial charge in [-0.2, -0.15) is 0 Å². The Bertz CT molecular complexity index is 400. The first-order valence-electron chi connectivity index (χ1n) is 6.59. The van der Waals surface area contributed by atoms with Gasteiger partial charge in [-0.3, -0.25) is 0 Å². The third kappa shape index (κ3) is 2.56. The van der Waals surface area contributed by atoms with E-state index in [1.807, 2.05) is 0 Å². The molecule has 0 aromatic carbocycles. The molecular formula is C13H22N4O. The van der Waals surface area contributed by atoms with Gasteiger partial charge in [0.15, 0.2) is 0 Å². The smallest absolute Gasteiger partial charge is 0.137 e. The summed E-state index contributed by atoms with van der Waals surface area (Å²) in [5.41, 5.74) is 7.01. The maximum Gasteiger partial charge on any atom is 0.137 e. The van der Waals surface area contributed by atoms with Crippen LogP contribution in [0, 0.1) is 5.92 Å². The van der Waals surface area contributed by atoms with Gasteiger partial charge >= 0.3 is 0 Å². The summed E-state index contributed by atoms with van der Waals surface area (Å²) < 4.78 is 0. The maximum absolute atomic E-state index is 9.17. The Kier molecular flexibility index (Phi) is 4.01. The summed E-state index contributed by atoms with van der Waals surface area (Å²) in [6, 6.07) is 0. The minimum atomic E-state index is 0.288. The minimum Gasteiger partial charge on any atom is -0.396 e. The minimum absolute atomic E-state index is 0.288. The van der Waals surface area contributed by atoms with E-state index in [2.05, 4.69) is 28.7 Å². The van der Waals surface area contributed by atoms with Crippen LogP contribution in [-0.4, -0.2) is 34.8 Å². The third-order valence-electron chi connectivity index (χ3n) is 3.64. The van der Waals surface area contributed by atoms with E-state index in [0.29, 0.717) is 17.7 Å². The molecule has 0 atom stereocenters. The molecule has 1 saturated heterocycles. The Balaban J connectivity index is 2.21. The van der Waals surface area contributed by atoms with Gasteiger partial charge in [0.25, 0.3) is 0 Å². The van der Waals surface area contributed by atoms with Crippen molar-refractivity contribution in [1.29, 1.82) is 0 Å². The van der Waals surface area contributed by atoms with E-state index in [1.165, 1.54) is 6.33 Å². The molecule has 0 saturated carbocycles. The van der Waals surface area contributed by atoms with Crippen LogP contribution in [0.4, 0.5) is 11.6 Å². The van der Waals surface area contributed by atoms with Crippen molar-refractivity contribution in [3.63, 3.8) is 0 Å². The number of nitrogens with two attached hydrogens (primary N) is 1. The molecule has 1 aliphatic heterocycles. The lowest BCUT2D eigenvalue weighted by atomic mass is 9.96. The normalized spacial score (nSPS) is 17.4. The molecule has 0 radical (unpaired) electrons. The standard InChI is InChI=1S/C13H22N4O/c1-9(2)11-12(14)15-8-16-13(11)17-5-3-10(7-18)4-6-17/h8-10,18H,3-7H2,1-2H3,(H2,14,15,16). The second-order valence-corrected chi connectivity index (χ2v) is 5.26. The highest BCUT2D eigenvalue weighted by Crippen LogP contribution is 2.31. The van der Waals surface area contributed by atoms with Crippen molar-refractivity contribution in [3.05, 3.63) is 11.9 Å². The second kappa shape index (κ2) is 5.52. The van der Waals surface area contributed by atoms with Gasteiger partial charge in [0.1, 0.15) is 18.0 Å². The molecule has 0 aliphatic carbocycles. The van der Waals surface area contributed by atoms with Crippen molar-refractivity contribution in [2.75, 3.05) is 30.3 Å². The van der Waals surface area contributed by atoms with E-state index in [1.54, 1.807) is 0 Å². The zero-order valence-electron chi connectivity index (χ0n) is 11.1. The number of hydrogen-bond acceptors (Lipinski definition) is 5. The molecule has 1 fully saturated rings. The summed E-state index contributed by atoms with van der Waals surface area (Å²) in [5, 5.41) is 9.17. The first-order chi connectivity index (χ1) is 8.63. The van der Waals surface area contributed by atoms with Gasteiger partial charge in [0, 0.05) is 25.3 Å². The fraction of sp³-hybridized carbons (Fsp3) is 0.692. The van der Waals surface area contributed by atoms with E-state index >= 15 is 0 Å². The summed E-state index contributed by atoms with van der Waals surface area (Å²) >= 11 is 0. The predicted molar refractivity (Wildman–Crippen MR) is 72.6 cm³/mol. The quantitative estimate of drug-likeness (QED) is 0.848. The van der Waals surface area contributed by atoms with Crippen LogP contribution in [0.25, 0.3) is 0 Å². The molecule has 0 bridgehead atoms. The number of aliphatic hydroxyl groups is 1. The molecule has 1 aliphatic rings. The van der Waals surface area contributed by atoms with Crippen LogP contribution in [0.5, 0.6) is 0 Å². The Hall–Kier alpha value is -1.36. The highest BCUT2D eigenvalue weighted by atomic mass is 16.3. The third-order valence-corrected chi connectivity index (χ3v) is 3.64. The summed E-state index contributed by atoms with van der Waals surface area (Å²) in [7, 11) is 0. The number of aliphatic hydroxyl groups excluding tert-OH is 1. The SMILES string of the molecule is CC(C)c1c(N)ncnc1N1CCC(CO)CC1. The van der Waals surface area contributed by atoms with Crippen molar-refractivity contribution in [1.82, 2.24) is 9.97 Å². The lowest BCUT2D eigenvalue weighted by molar-refractivity contribution is 0.202. The second-order valence-electron chi connectivity index (χ2n) is 5.26. The van der Waals surface area contributed by atoms with E-state index < -0.39 is 0 Å². The number of rotatable bonds is 3. The van der Waals surface area contributed by atoms with Gasteiger partial charge in [-0.25, -0.2) is 9.97 Å². The van der Waals surface area contributed by atoms with Gasteiger partial charge in [-0.15, -0.1) is 0 Å². The van der Waals surface area contributed by atoms with Crippen LogP contribution in [0.15, 0.2) is 6.33 Å². The monoisotopic (exact) mass is 250 g/mol. The molecule has 1 aromatic heterocycles. The van der Waals surface area contributed by atoms with Crippen molar-refractivity contribution >= 4 is 11.6 Å². The summed E-state index contributed by atoms with van der Waals surface area (Å²) in [6.45, 7) is 6.37. The highest BCUT2D eigenvalue weighted by Gasteiger charge is 2.23. The zero-order chi connectivity index (χ0) is 13.1. The number of nitrogen functional groups attached to an aromatic ring is 1. The largest absolute Gasteiger partial charge is 0.396 e. The number of hydrogen-bond donors (Lipinski definition) is 2. The van der Waals surface area contributed by atoms with Gasteiger partial charge in [0.05, 0.1) is 0 Å². The molecule has 18 heavy (non-hydrogen) atoms. The predicted octanol–water partition coefficient (Wildman–Crippen LogP) is 1.39. The van der Waals surface area contributed by atoms with Crippen LogP contribution in [-0.2, 0) is 0 Å². The average molecular weight is 250 g/mol. The molecule has 2 heterocycles. The lowest BCUT2D eigenvalue weighted by Crippen LogP contribution is -2.36. The Morgan fingerprint density at radius 2 is 2.06 bits per heavy atom. The zero-order valence-corrected chi connectivity index (χ0v) is 11.1. The van der Waals surface area contributed by atoms with E-state index in [0.717, 1.165) is 37.3 Å². The molecule has 100 valence electrons. The van der Waals surface area contributed by atoms with Gasteiger partial charge in [-0.1, -0.05) is 13.8 Å². The van der Waals surface area contributed by atoms with Crippen LogP contribution in [0.3, 0.4) is 0 Å². The Labute approximate surface area is 108 Å². The van der Waals surface area contributed by atoms with Crippen LogP contribution in [0.1, 0.15) is 38.2 Å². The fourth-order valence-corrected chi connectivity index (χ4v) is 2.53. The van der Waals surface area contributed by atoms with Crippen molar-refractivity contribution in [2.45, 2.75) is 32.6 Å². The van der Waals surface area contributed by atoms with E-state index in [-0.39, 0.29) is 6.61 Å². The number of anilines is 2. The molecule has 0 unspecified atom stereocenters. The van der Waals surface area contributed by atoms with Gasteiger partial charge in [-0.05, 0) is 24.7 Å². The molecular weight excluding hydrogens is 228 g/mol. The summed E-state index contributed by atoms with van der Waals surface area (Å²) in [4.78, 5) is 10.8. The molecule has 2 rings (SSSR count).